The summed E-state index contributed by atoms with van der Waals surface area (Å²) >= 11 is 0. The van der Waals surface area contributed by atoms with Crippen molar-refractivity contribution in [1.29, 1.82) is 0 Å². The Kier molecular flexibility index (Phi) is 5.67. The van der Waals surface area contributed by atoms with Gasteiger partial charge in [-0.25, -0.2) is 4.98 Å². The molecular formula is C18H12F6N4O2. The fraction of sp³-hybridized carbons (Fsp3) is 0.167. The number of alkyl halides is 6. The van der Waals surface area contributed by atoms with Crippen molar-refractivity contribution >= 4 is 0 Å². The summed E-state index contributed by atoms with van der Waals surface area (Å²) in [7, 11) is 0. The first kappa shape index (κ1) is 21.1. The van der Waals surface area contributed by atoms with E-state index in [2.05, 4.69) is 21.6 Å². The molecule has 0 spiro atoms. The van der Waals surface area contributed by atoms with Crippen molar-refractivity contribution in [2.75, 3.05) is 6.61 Å². The van der Waals surface area contributed by atoms with Gasteiger partial charge in [-0.3, -0.25) is 0 Å². The van der Waals surface area contributed by atoms with Gasteiger partial charge in [0.15, 0.2) is 5.69 Å². The fourth-order valence-corrected chi connectivity index (χ4v) is 2.24. The zero-order valence-electron chi connectivity index (χ0n) is 14.9. The maximum atomic E-state index is 13.0. The summed E-state index contributed by atoms with van der Waals surface area (Å²) in [6.45, 7) is 3.30. The molecule has 0 amide bonds. The molecule has 0 N–H and O–H groups in total. The van der Waals surface area contributed by atoms with Crippen LogP contribution in [-0.2, 0) is 12.4 Å². The Morgan fingerprint density at radius 3 is 2.47 bits per heavy atom. The lowest BCUT2D eigenvalue weighted by atomic mass is 10.2. The summed E-state index contributed by atoms with van der Waals surface area (Å²) in [5.41, 5.74) is -2.18. The number of aromatic nitrogens is 4. The predicted molar refractivity (Wildman–Crippen MR) is 91.4 cm³/mol. The van der Waals surface area contributed by atoms with Gasteiger partial charge < -0.3 is 9.47 Å². The molecule has 0 bridgehead atoms. The summed E-state index contributed by atoms with van der Waals surface area (Å²) in [5.74, 6) is -1.03. The molecule has 0 fully saturated rings. The van der Waals surface area contributed by atoms with Crippen molar-refractivity contribution in [2.24, 2.45) is 0 Å². The Labute approximate surface area is 165 Å². The van der Waals surface area contributed by atoms with Gasteiger partial charge >= 0.3 is 12.4 Å². The van der Waals surface area contributed by atoms with Crippen LogP contribution < -0.4 is 9.47 Å². The maximum absolute atomic E-state index is 13.0. The van der Waals surface area contributed by atoms with Crippen molar-refractivity contribution < 1.29 is 35.8 Å². The van der Waals surface area contributed by atoms with Gasteiger partial charge in [0.1, 0.15) is 12.4 Å². The molecule has 0 radical (unpaired) electrons. The van der Waals surface area contributed by atoms with Crippen molar-refractivity contribution in [3.8, 4) is 23.5 Å². The number of hydrogen-bond acceptors (Lipinski definition) is 5. The van der Waals surface area contributed by atoms with Gasteiger partial charge in [0, 0.05) is 18.3 Å². The standard InChI is InChI=1S/C18H12F6N4O2/c1-2-8-29-15-10-13(18(22,23)24)27-28(15)16-25-7-6-14(26-16)30-12-5-3-4-11(9-12)17(19,20)21/h2-7,9-10H,1,8H2. The van der Waals surface area contributed by atoms with Crippen molar-refractivity contribution in [3.63, 3.8) is 0 Å². The van der Waals surface area contributed by atoms with Crippen LogP contribution in [0.4, 0.5) is 26.3 Å². The second kappa shape index (κ2) is 8.05. The Bertz CT molecular complexity index is 1050. The van der Waals surface area contributed by atoms with Crippen molar-refractivity contribution in [1.82, 2.24) is 19.7 Å². The second-order valence-corrected chi connectivity index (χ2v) is 5.70. The fourth-order valence-electron chi connectivity index (χ4n) is 2.24. The van der Waals surface area contributed by atoms with Crippen LogP contribution in [0, 0.1) is 0 Å². The second-order valence-electron chi connectivity index (χ2n) is 5.70. The van der Waals surface area contributed by atoms with E-state index in [1.165, 1.54) is 18.2 Å². The van der Waals surface area contributed by atoms with E-state index in [1.54, 1.807) is 0 Å². The monoisotopic (exact) mass is 430 g/mol. The largest absolute Gasteiger partial charge is 0.473 e. The minimum absolute atomic E-state index is 0.108. The molecule has 0 unspecified atom stereocenters. The molecule has 0 aliphatic rings. The molecule has 3 aromatic rings. The zero-order valence-corrected chi connectivity index (χ0v) is 14.9. The average Bonchev–Trinajstić information content (AvgIpc) is 3.11. The quantitative estimate of drug-likeness (QED) is 0.404. The molecular weight excluding hydrogens is 418 g/mol. The molecule has 0 atom stereocenters. The number of rotatable bonds is 6. The van der Waals surface area contributed by atoms with E-state index >= 15 is 0 Å². The molecule has 0 aliphatic heterocycles. The summed E-state index contributed by atoms with van der Waals surface area (Å²) in [6, 6.07) is 5.92. The highest BCUT2D eigenvalue weighted by atomic mass is 19.4. The van der Waals surface area contributed by atoms with Crippen LogP contribution in [0.5, 0.6) is 17.5 Å². The summed E-state index contributed by atoms with van der Waals surface area (Å²) < 4.78 is 88.7. The number of ether oxygens (including phenoxy) is 2. The molecule has 6 nitrogen and oxygen atoms in total. The third kappa shape index (κ3) is 4.88. The van der Waals surface area contributed by atoms with Gasteiger partial charge in [-0.05, 0) is 18.2 Å². The summed E-state index contributed by atoms with van der Waals surface area (Å²) in [5, 5.41) is 3.40. The van der Waals surface area contributed by atoms with Crippen LogP contribution in [0.15, 0.2) is 55.3 Å². The first-order chi connectivity index (χ1) is 14.1. The van der Waals surface area contributed by atoms with Crippen molar-refractivity contribution in [3.05, 3.63) is 66.5 Å². The number of hydrogen-bond donors (Lipinski definition) is 0. The van der Waals surface area contributed by atoms with Crippen LogP contribution >= 0.6 is 0 Å². The first-order valence-electron chi connectivity index (χ1n) is 8.17. The van der Waals surface area contributed by atoms with Crippen LogP contribution in [0.25, 0.3) is 5.95 Å². The van der Waals surface area contributed by atoms with E-state index in [9.17, 15) is 26.3 Å². The van der Waals surface area contributed by atoms with Gasteiger partial charge in [-0.2, -0.15) is 41.1 Å². The van der Waals surface area contributed by atoms with Crippen LogP contribution in [-0.4, -0.2) is 26.4 Å². The van der Waals surface area contributed by atoms with Crippen LogP contribution in [0.3, 0.4) is 0 Å². The van der Waals surface area contributed by atoms with Gasteiger partial charge in [0.25, 0.3) is 5.95 Å². The number of halogens is 6. The maximum Gasteiger partial charge on any atom is 0.435 e. The molecule has 158 valence electrons. The molecule has 1 aromatic carbocycles. The predicted octanol–water partition coefficient (Wildman–Crippen LogP) is 5.06. The molecule has 2 aromatic heterocycles. The first-order valence-corrected chi connectivity index (χ1v) is 8.17. The van der Waals surface area contributed by atoms with E-state index in [0.717, 1.165) is 24.4 Å². The highest BCUT2D eigenvalue weighted by Gasteiger charge is 2.36. The highest BCUT2D eigenvalue weighted by Crippen LogP contribution is 2.33. The van der Waals surface area contributed by atoms with Gasteiger partial charge in [0.2, 0.25) is 11.8 Å². The molecule has 30 heavy (non-hydrogen) atoms. The SMILES string of the molecule is C=CCOc1cc(C(F)(F)F)nn1-c1nccc(Oc2cccc(C(F)(F)F)c2)n1. The van der Waals surface area contributed by atoms with Crippen LogP contribution in [0.2, 0.25) is 0 Å². The van der Waals surface area contributed by atoms with Crippen LogP contribution in [0.1, 0.15) is 11.3 Å². The minimum Gasteiger partial charge on any atom is -0.473 e. The average molecular weight is 430 g/mol. The molecule has 2 heterocycles. The smallest absolute Gasteiger partial charge is 0.435 e. The Balaban J connectivity index is 1.94. The van der Waals surface area contributed by atoms with E-state index in [1.807, 2.05) is 0 Å². The molecule has 0 aliphatic carbocycles. The lowest BCUT2D eigenvalue weighted by molar-refractivity contribution is -0.141. The van der Waals surface area contributed by atoms with Gasteiger partial charge in [-0.15, -0.1) is 0 Å². The normalized spacial score (nSPS) is 11.9. The van der Waals surface area contributed by atoms with E-state index in [0.29, 0.717) is 10.7 Å². The van der Waals surface area contributed by atoms with E-state index in [-0.39, 0.29) is 30.1 Å². The molecule has 12 heteroatoms. The summed E-state index contributed by atoms with van der Waals surface area (Å²) in [6.07, 6.45) is -6.85. The van der Waals surface area contributed by atoms with Crippen molar-refractivity contribution in [2.45, 2.75) is 12.4 Å². The number of benzene rings is 1. The van der Waals surface area contributed by atoms with E-state index < -0.39 is 23.6 Å². The van der Waals surface area contributed by atoms with E-state index in [4.69, 9.17) is 9.47 Å². The van der Waals surface area contributed by atoms with Gasteiger partial charge in [-0.1, -0.05) is 18.7 Å². The molecule has 0 saturated heterocycles. The Hall–Kier alpha value is -3.57. The lowest BCUT2D eigenvalue weighted by Gasteiger charge is -2.10. The highest BCUT2D eigenvalue weighted by molar-refractivity contribution is 5.34. The molecule has 3 rings (SSSR count). The van der Waals surface area contributed by atoms with Gasteiger partial charge in [0.05, 0.1) is 5.56 Å². The molecule has 0 saturated carbocycles. The third-order valence-electron chi connectivity index (χ3n) is 3.51. The Morgan fingerprint density at radius 1 is 1.03 bits per heavy atom. The lowest BCUT2D eigenvalue weighted by Crippen LogP contribution is -2.10. The summed E-state index contributed by atoms with van der Waals surface area (Å²) in [4.78, 5) is 7.74. The zero-order chi connectivity index (χ0) is 21.9. The number of nitrogens with zero attached hydrogens (tertiary/aromatic N) is 4. The minimum atomic E-state index is -4.75. The Morgan fingerprint density at radius 2 is 1.80 bits per heavy atom. The topological polar surface area (TPSA) is 62.1 Å². The third-order valence-corrected chi connectivity index (χ3v) is 3.51.